The number of amides is 2. The van der Waals surface area contributed by atoms with Gasteiger partial charge in [0.15, 0.2) is 0 Å². The predicted octanol–water partition coefficient (Wildman–Crippen LogP) is 2.40. The number of benzene rings is 2. The van der Waals surface area contributed by atoms with E-state index in [1.54, 1.807) is 18.2 Å². The van der Waals surface area contributed by atoms with Crippen molar-refractivity contribution in [3.8, 4) is 5.75 Å². The Hall–Kier alpha value is -2.78. The number of carbonyl (C=O) groups is 2. The first-order valence-corrected chi connectivity index (χ1v) is 10.6. The molecule has 0 unspecified atom stereocenters. The monoisotopic (exact) mass is 420 g/mol. The molecule has 1 N–H and O–H groups in total. The van der Waals surface area contributed by atoms with Crippen molar-refractivity contribution in [2.24, 2.45) is 0 Å². The number of hydrogen-bond donors (Lipinski definition) is 1. The lowest BCUT2D eigenvalue weighted by Crippen LogP contribution is -2.40. The Morgan fingerprint density at radius 3 is 2.45 bits per heavy atom. The quantitative estimate of drug-likeness (QED) is 0.695. The van der Waals surface area contributed by atoms with Gasteiger partial charge in [-0.3, -0.25) is 14.5 Å². The molecule has 7 nitrogen and oxygen atoms in total. The maximum atomic E-state index is 13.7. The van der Waals surface area contributed by atoms with E-state index in [1.165, 1.54) is 31.4 Å². The van der Waals surface area contributed by atoms with Crippen LogP contribution in [0.5, 0.6) is 5.75 Å². The summed E-state index contributed by atoms with van der Waals surface area (Å²) >= 11 is 0. The molecule has 0 aromatic heterocycles. The van der Waals surface area contributed by atoms with E-state index in [1.807, 2.05) is 0 Å². The molecule has 9 heteroatoms. The van der Waals surface area contributed by atoms with Crippen LogP contribution in [0, 0.1) is 5.82 Å². The first kappa shape index (κ1) is 20.9. The van der Waals surface area contributed by atoms with Crippen LogP contribution in [-0.2, 0) is 26.0 Å². The second-order valence-electron chi connectivity index (χ2n) is 6.55. The molecule has 154 valence electrons. The molecule has 0 atom stereocenters. The van der Waals surface area contributed by atoms with Crippen molar-refractivity contribution in [3.63, 3.8) is 0 Å². The third kappa shape index (κ3) is 4.63. The van der Waals surface area contributed by atoms with E-state index in [9.17, 15) is 22.4 Å². The molecule has 0 aliphatic carbocycles. The smallest absolute Gasteiger partial charge is 0.244 e. The van der Waals surface area contributed by atoms with Gasteiger partial charge in [-0.15, -0.1) is 0 Å². The molecule has 2 aromatic carbocycles. The first-order chi connectivity index (χ1) is 13.8. The lowest BCUT2D eigenvalue weighted by atomic mass is 10.1. The van der Waals surface area contributed by atoms with Crippen molar-refractivity contribution in [1.82, 2.24) is 4.72 Å². The molecular formula is C20H21FN2O5S. The topological polar surface area (TPSA) is 92.8 Å². The van der Waals surface area contributed by atoms with Gasteiger partial charge in [0.1, 0.15) is 16.5 Å². The summed E-state index contributed by atoms with van der Waals surface area (Å²) in [5.74, 6) is -1.08. The molecule has 1 heterocycles. The third-order valence-electron chi connectivity index (χ3n) is 4.62. The maximum Gasteiger partial charge on any atom is 0.244 e. The summed E-state index contributed by atoms with van der Waals surface area (Å²) < 4.78 is 46.9. The SMILES string of the molecule is COc1ccc(N2C(=O)CCCC2=O)cc1S(=O)(=O)NCCc1ccccc1F. The highest BCUT2D eigenvalue weighted by atomic mass is 32.2. The molecule has 1 aliphatic heterocycles. The van der Waals surface area contributed by atoms with Gasteiger partial charge < -0.3 is 4.74 Å². The first-order valence-electron chi connectivity index (χ1n) is 9.10. The molecule has 0 spiro atoms. The van der Waals surface area contributed by atoms with Crippen molar-refractivity contribution in [3.05, 3.63) is 53.8 Å². The predicted molar refractivity (Wildman–Crippen MR) is 105 cm³/mol. The van der Waals surface area contributed by atoms with Crippen LogP contribution in [0.4, 0.5) is 10.1 Å². The Labute approximate surface area is 168 Å². The highest BCUT2D eigenvalue weighted by Gasteiger charge is 2.29. The summed E-state index contributed by atoms with van der Waals surface area (Å²) in [6.07, 6.45) is 1.09. The molecule has 2 amide bonds. The summed E-state index contributed by atoms with van der Waals surface area (Å²) in [4.78, 5) is 25.1. The van der Waals surface area contributed by atoms with Crippen molar-refractivity contribution < 1.29 is 27.1 Å². The van der Waals surface area contributed by atoms with Gasteiger partial charge in [-0.05, 0) is 42.7 Å². The lowest BCUT2D eigenvalue weighted by Gasteiger charge is -2.25. The molecule has 3 rings (SSSR count). The summed E-state index contributed by atoms with van der Waals surface area (Å²) in [5, 5.41) is 0. The normalized spacial score (nSPS) is 14.9. The standard InChI is InChI=1S/C20H21FN2O5S/c1-28-17-10-9-15(23-19(24)7-4-8-20(23)25)13-18(17)29(26,27)22-12-11-14-5-2-3-6-16(14)21/h2-3,5-6,9-10,13,22H,4,7-8,11-12H2,1H3. The van der Waals surface area contributed by atoms with Gasteiger partial charge in [0.2, 0.25) is 21.8 Å². The molecule has 1 fully saturated rings. The molecule has 29 heavy (non-hydrogen) atoms. The summed E-state index contributed by atoms with van der Waals surface area (Å²) in [5.41, 5.74) is 0.565. The fraction of sp³-hybridized carbons (Fsp3) is 0.300. The van der Waals surface area contributed by atoms with Crippen LogP contribution >= 0.6 is 0 Å². The van der Waals surface area contributed by atoms with E-state index in [2.05, 4.69) is 4.72 Å². The van der Waals surface area contributed by atoms with Crippen LogP contribution in [-0.4, -0.2) is 33.9 Å². The number of anilines is 1. The second kappa shape index (κ2) is 8.71. The van der Waals surface area contributed by atoms with E-state index in [0.29, 0.717) is 12.0 Å². The molecular weight excluding hydrogens is 399 g/mol. The largest absolute Gasteiger partial charge is 0.495 e. The average molecular weight is 420 g/mol. The number of halogens is 1. The van der Waals surface area contributed by atoms with Gasteiger partial charge in [-0.2, -0.15) is 0 Å². The maximum absolute atomic E-state index is 13.7. The van der Waals surface area contributed by atoms with E-state index in [0.717, 1.165) is 4.90 Å². The Morgan fingerprint density at radius 1 is 1.10 bits per heavy atom. The van der Waals surface area contributed by atoms with Crippen molar-refractivity contribution in [1.29, 1.82) is 0 Å². The molecule has 2 aromatic rings. The Bertz CT molecular complexity index is 1020. The zero-order chi connectivity index (χ0) is 21.0. The number of piperidine rings is 1. The fourth-order valence-corrected chi connectivity index (χ4v) is 4.37. The molecule has 0 bridgehead atoms. The molecule has 0 saturated carbocycles. The Kier molecular flexibility index (Phi) is 6.29. The van der Waals surface area contributed by atoms with Crippen LogP contribution in [0.25, 0.3) is 0 Å². The van der Waals surface area contributed by atoms with Crippen LogP contribution in [0.3, 0.4) is 0 Å². The number of hydrogen-bond acceptors (Lipinski definition) is 5. The number of rotatable bonds is 7. The molecule has 1 saturated heterocycles. The fourth-order valence-electron chi connectivity index (χ4n) is 3.15. The van der Waals surface area contributed by atoms with E-state index in [-0.39, 0.29) is 54.0 Å². The summed E-state index contributed by atoms with van der Waals surface area (Å²) in [6, 6.07) is 10.2. The second-order valence-corrected chi connectivity index (χ2v) is 8.29. The van der Waals surface area contributed by atoms with Crippen LogP contribution in [0.2, 0.25) is 0 Å². The van der Waals surface area contributed by atoms with Crippen LogP contribution in [0.1, 0.15) is 24.8 Å². The highest BCUT2D eigenvalue weighted by molar-refractivity contribution is 7.89. The minimum absolute atomic E-state index is 0.0295. The number of carbonyl (C=O) groups excluding carboxylic acids is 2. The van der Waals surface area contributed by atoms with Crippen molar-refractivity contribution in [2.45, 2.75) is 30.6 Å². The van der Waals surface area contributed by atoms with Crippen LogP contribution < -0.4 is 14.4 Å². The Balaban J connectivity index is 1.84. The van der Waals surface area contributed by atoms with Crippen LogP contribution in [0.15, 0.2) is 47.4 Å². The molecule has 1 aliphatic rings. The van der Waals surface area contributed by atoms with Crippen molar-refractivity contribution >= 4 is 27.5 Å². The zero-order valence-electron chi connectivity index (χ0n) is 15.9. The van der Waals surface area contributed by atoms with Gasteiger partial charge in [0.25, 0.3) is 0 Å². The summed E-state index contributed by atoms with van der Waals surface area (Å²) in [7, 11) is -2.70. The van der Waals surface area contributed by atoms with Gasteiger partial charge in [-0.1, -0.05) is 18.2 Å². The minimum atomic E-state index is -4.03. The minimum Gasteiger partial charge on any atom is -0.495 e. The number of methoxy groups -OCH3 is 1. The van der Waals surface area contributed by atoms with Crippen molar-refractivity contribution in [2.75, 3.05) is 18.6 Å². The van der Waals surface area contributed by atoms with Gasteiger partial charge >= 0.3 is 0 Å². The number of imide groups is 1. The third-order valence-corrected chi connectivity index (χ3v) is 6.10. The zero-order valence-corrected chi connectivity index (χ0v) is 16.7. The number of nitrogens with one attached hydrogen (secondary N) is 1. The van der Waals surface area contributed by atoms with E-state index in [4.69, 9.17) is 4.74 Å². The number of nitrogens with zero attached hydrogens (tertiary/aromatic N) is 1. The lowest BCUT2D eigenvalue weighted by molar-refractivity contribution is -0.129. The van der Waals surface area contributed by atoms with Gasteiger partial charge in [0.05, 0.1) is 12.8 Å². The average Bonchev–Trinajstić information content (AvgIpc) is 2.69. The summed E-state index contributed by atoms with van der Waals surface area (Å²) in [6.45, 7) is -0.0295. The van der Waals surface area contributed by atoms with E-state index < -0.39 is 15.8 Å². The number of ether oxygens (including phenoxy) is 1. The highest BCUT2D eigenvalue weighted by Crippen LogP contribution is 2.31. The van der Waals surface area contributed by atoms with Gasteiger partial charge in [0, 0.05) is 19.4 Å². The Morgan fingerprint density at radius 2 is 1.79 bits per heavy atom. The van der Waals surface area contributed by atoms with E-state index >= 15 is 0 Å². The molecule has 0 radical (unpaired) electrons. The number of sulfonamides is 1. The van der Waals surface area contributed by atoms with Gasteiger partial charge in [-0.25, -0.2) is 17.5 Å².